The average molecular weight is 264 g/mol. The van der Waals surface area contributed by atoms with Crippen molar-refractivity contribution in [3.8, 4) is 11.3 Å². The van der Waals surface area contributed by atoms with Crippen LogP contribution < -0.4 is 5.32 Å². The Hall–Kier alpha value is -1.32. The van der Waals surface area contributed by atoms with Crippen LogP contribution in [0, 0.1) is 13.8 Å². The predicted octanol–water partition coefficient (Wildman–Crippen LogP) is 3.11. The fourth-order valence-corrected chi connectivity index (χ4v) is 2.27. The first-order chi connectivity index (χ1) is 8.61. The number of nitrogens with one attached hydrogen (secondary N) is 2. The van der Waals surface area contributed by atoms with E-state index < -0.39 is 0 Å². The summed E-state index contributed by atoms with van der Waals surface area (Å²) >= 11 is 6.23. The quantitative estimate of drug-likeness (QED) is 0.890. The van der Waals surface area contributed by atoms with Crippen molar-refractivity contribution < 1.29 is 0 Å². The van der Waals surface area contributed by atoms with Crippen LogP contribution in [0.5, 0.6) is 0 Å². The Kier molecular flexibility index (Phi) is 4.04. The normalized spacial score (nSPS) is 10.9. The highest BCUT2D eigenvalue weighted by Gasteiger charge is 2.12. The van der Waals surface area contributed by atoms with Crippen LogP contribution in [0.1, 0.15) is 17.0 Å². The lowest BCUT2D eigenvalue weighted by Gasteiger charge is -2.04. The lowest BCUT2D eigenvalue weighted by atomic mass is 10.0. The maximum absolute atomic E-state index is 6.23. The summed E-state index contributed by atoms with van der Waals surface area (Å²) in [6.07, 6.45) is 0.848. The Morgan fingerprint density at radius 3 is 2.78 bits per heavy atom. The average Bonchev–Trinajstić information content (AvgIpc) is 2.68. The van der Waals surface area contributed by atoms with Crippen molar-refractivity contribution in [2.24, 2.45) is 0 Å². The number of nitrogens with zero attached hydrogens (tertiary/aromatic N) is 1. The minimum atomic E-state index is 0.619. The van der Waals surface area contributed by atoms with E-state index in [1.165, 1.54) is 11.1 Å². The van der Waals surface area contributed by atoms with E-state index in [4.69, 9.17) is 11.6 Å². The molecule has 0 atom stereocenters. The molecule has 3 nitrogen and oxygen atoms in total. The second-order valence-electron chi connectivity index (χ2n) is 4.52. The summed E-state index contributed by atoms with van der Waals surface area (Å²) in [4.78, 5) is 7.71. The second-order valence-corrected chi connectivity index (χ2v) is 4.90. The van der Waals surface area contributed by atoms with Crippen LogP contribution in [-0.2, 0) is 6.42 Å². The van der Waals surface area contributed by atoms with Gasteiger partial charge in [-0.1, -0.05) is 35.4 Å². The van der Waals surface area contributed by atoms with Crippen molar-refractivity contribution in [2.75, 3.05) is 13.6 Å². The molecule has 18 heavy (non-hydrogen) atoms. The van der Waals surface area contributed by atoms with E-state index in [2.05, 4.69) is 47.3 Å². The zero-order valence-electron chi connectivity index (χ0n) is 11.0. The van der Waals surface area contributed by atoms with Crippen molar-refractivity contribution in [3.05, 3.63) is 40.3 Å². The molecule has 1 heterocycles. The predicted molar refractivity (Wildman–Crippen MR) is 76.1 cm³/mol. The molecule has 4 heteroatoms. The molecule has 2 aromatic rings. The number of halogens is 1. The Bertz CT molecular complexity index is 546. The zero-order chi connectivity index (χ0) is 13.1. The van der Waals surface area contributed by atoms with Crippen molar-refractivity contribution in [1.82, 2.24) is 15.3 Å². The number of imidazole rings is 1. The molecule has 1 aromatic heterocycles. The molecule has 0 saturated heterocycles. The third-order valence-electron chi connectivity index (χ3n) is 2.96. The van der Waals surface area contributed by atoms with Gasteiger partial charge in [-0.05, 0) is 26.5 Å². The molecule has 0 spiro atoms. The van der Waals surface area contributed by atoms with Gasteiger partial charge in [-0.2, -0.15) is 0 Å². The molecular weight excluding hydrogens is 246 g/mol. The molecule has 0 aliphatic heterocycles. The first-order valence-electron chi connectivity index (χ1n) is 6.08. The largest absolute Gasteiger partial charge is 0.332 e. The summed E-state index contributed by atoms with van der Waals surface area (Å²) < 4.78 is 0. The topological polar surface area (TPSA) is 40.7 Å². The lowest BCUT2D eigenvalue weighted by molar-refractivity contribution is 0.764. The lowest BCUT2D eigenvalue weighted by Crippen LogP contribution is -2.11. The van der Waals surface area contributed by atoms with Crippen LogP contribution in [-0.4, -0.2) is 23.6 Å². The maximum Gasteiger partial charge on any atom is 0.134 e. The molecule has 0 saturated carbocycles. The zero-order valence-corrected chi connectivity index (χ0v) is 11.7. The van der Waals surface area contributed by atoms with E-state index >= 15 is 0 Å². The third-order valence-corrected chi connectivity index (χ3v) is 3.23. The van der Waals surface area contributed by atoms with Gasteiger partial charge >= 0.3 is 0 Å². The van der Waals surface area contributed by atoms with Crippen molar-refractivity contribution in [2.45, 2.75) is 20.3 Å². The van der Waals surface area contributed by atoms with Gasteiger partial charge in [0.15, 0.2) is 0 Å². The van der Waals surface area contributed by atoms with E-state index in [0.717, 1.165) is 30.0 Å². The van der Waals surface area contributed by atoms with Gasteiger partial charge in [-0.25, -0.2) is 4.98 Å². The fourth-order valence-electron chi connectivity index (χ4n) is 2.02. The summed E-state index contributed by atoms with van der Waals surface area (Å²) in [5, 5.41) is 3.72. The van der Waals surface area contributed by atoms with Gasteiger partial charge in [0.2, 0.25) is 0 Å². The molecule has 1 aromatic carbocycles. The molecule has 0 bridgehead atoms. The standard InChI is InChI=1S/C14H18ClN3/c1-9-4-5-11(10(2)8-9)13-14(15)18-12(17-13)6-7-16-3/h4-5,8,16H,6-7H2,1-3H3,(H,17,18). The van der Waals surface area contributed by atoms with Crippen LogP contribution in [0.3, 0.4) is 0 Å². The van der Waals surface area contributed by atoms with Crippen molar-refractivity contribution >= 4 is 11.6 Å². The number of aromatic nitrogens is 2. The number of H-pyrrole nitrogens is 1. The van der Waals surface area contributed by atoms with Crippen LogP contribution in [0.2, 0.25) is 5.15 Å². The van der Waals surface area contributed by atoms with E-state index in [0.29, 0.717) is 5.15 Å². The van der Waals surface area contributed by atoms with Crippen LogP contribution in [0.25, 0.3) is 11.3 Å². The molecule has 0 unspecified atom stereocenters. The molecule has 2 rings (SSSR count). The van der Waals surface area contributed by atoms with Crippen molar-refractivity contribution in [1.29, 1.82) is 0 Å². The maximum atomic E-state index is 6.23. The highest BCUT2D eigenvalue weighted by molar-refractivity contribution is 6.32. The number of benzene rings is 1. The number of rotatable bonds is 4. The minimum absolute atomic E-state index is 0.619. The van der Waals surface area contributed by atoms with E-state index in [1.54, 1.807) is 0 Å². The first-order valence-corrected chi connectivity index (χ1v) is 6.46. The van der Waals surface area contributed by atoms with E-state index in [1.807, 2.05) is 7.05 Å². The Morgan fingerprint density at radius 1 is 1.33 bits per heavy atom. The highest BCUT2D eigenvalue weighted by atomic mass is 35.5. The summed E-state index contributed by atoms with van der Waals surface area (Å²) in [7, 11) is 1.93. The highest BCUT2D eigenvalue weighted by Crippen LogP contribution is 2.28. The number of aryl methyl sites for hydroxylation is 2. The fraction of sp³-hybridized carbons (Fsp3) is 0.357. The van der Waals surface area contributed by atoms with Crippen LogP contribution in [0.15, 0.2) is 18.2 Å². The van der Waals surface area contributed by atoms with Gasteiger partial charge in [0, 0.05) is 18.5 Å². The second kappa shape index (κ2) is 5.55. The molecule has 0 radical (unpaired) electrons. The molecule has 2 N–H and O–H groups in total. The minimum Gasteiger partial charge on any atom is -0.332 e. The van der Waals surface area contributed by atoms with Gasteiger partial charge in [-0.3, -0.25) is 0 Å². The number of hydrogen-bond donors (Lipinski definition) is 2. The molecule has 0 fully saturated rings. The van der Waals surface area contributed by atoms with E-state index in [-0.39, 0.29) is 0 Å². The van der Waals surface area contributed by atoms with Gasteiger partial charge in [0.05, 0.1) is 0 Å². The summed E-state index contributed by atoms with van der Waals surface area (Å²) in [6.45, 7) is 5.05. The summed E-state index contributed by atoms with van der Waals surface area (Å²) in [5.41, 5.74) is 4.39. The third kappa shape index (κ3) is 2.74. The van der Waals surface area contributed by atoms with Gasteiger partial charge in [0.25, 0.3) is 0 Å². The summed E-state index contributed by atoms with van der Waals surface area (Å²) in [5.74, 6) is 0.921. The molecular formula is C14H18ClN3. The number of aromatic amines is 1. The monoisotopic (exact) mass is 263 g/mol. The van der Waals surface area contributed by atoms with Crippen molar-refractivity contribution in [3.63, 3.8) is 0 Å². The van der Waals surface area contributed by atoms with Gasteiger partial charge < -0.3 is 10.3 Å². The molecule has 0 aliphatic rings. The van der Waals surface area contributed by atoms with Gasteiger partial charge in [0.1, 0.15) is 16.7 Å². The molecule has 96 valence electrons. The first kappa shape index (κ1) is 13.1. The molecule has 0 amide bonds. The van der Waals surface area contributed by atoms with Gasteiger partial charge in [-0.15, -0.1) is 0 Å². The number of hydrogen-bond acceptors (Lipinski definition) is 2. The SMILES string of the molecule is CNCCc1nc(-c2ccc(C)cc2C)c(Cl)[nH]1. The number of likely N-dealkylation sites (N-methyl/N-ethyl adjacent to an activating group) is 1. The Labute approximate surface area is 113 Å². The Morgan fingerprint density at radius 2 is 2.11 bits per heavy atom. The smallest absolute Gasteiger partial charge is 0.134 e. The Balaban J connectivity index is 2.35. The molecule has 0 aliphatic carbocycles. The summed E-state index contributed by atoms with van der Waals surface area (Å²) in [6, 6.07) is 6.31. The van der Waals surface area contributed by atoms with Crippen LogP contribution >= 0.6 is 11.6 Å². The van der Waals surface area contributed by atoms with E-state index in [9.17, 15) is 0 Å². The van der Waals surface area contributed by atoms with Crippen LogP contribution in [0.4, 0.5) is 0 Å².